The Morgan fingerprint density at radius 1 is 1.50 bits per heavy atom. The lowest BCUT2D eigenvalue weighted by atomic mass is 10.2. The highest BCUT2D eigenvalue weighted by molar-refractivity contribution is 9.10. The van der Waals surface area contributed by atoms with Crippen LogP contribution in [0.2, 0.25) is 0 Å². The third-order valence-corrected chi connectivity index (χ3v) is 4.66. The van der Waals surface area contributed by atoms with Gasteiger partial charge in [-0.25, -0.2) is 0 Å². The van der Waals surface area contributed by atoms with E-state index in [9.17, 15) is 4.79 Å². The zero-order valence-electron chi connectivity index (χ0n) is 11.2. The first kappa shape index (κ1) is 15.1. The molecule has 20 heavy (non-hydrogen) atoms. The van der Waals surface area contributed by atoms with Gasteiger partial charge in [-0.15, -0.1) is 11.8 Å². The standard InChI is InChI=1S/C14H15BrN2O2S/c1-9-7-13(17-19-9)16-14(18)10(2)20-8-11-5-3-4-6-12(11)15/h3-7,10H,8H2,1-2H3,(H,16,17,18). The smallest absolute Gasteiger partial charge is 0.238 e. The number of halogens is 1. The highest BCUT2D eigenvalue weighted by Crippen LogP contribution is 2.24. The zero-order valence-corrected chi connectivity index (χ0v) is 13.6. The fourth-order valence-corrected chi connectivity index (χ4v) is 3.06. The molecule has 0 aliphatic carbocycles. The maximum Gasteiger partial charge on any atom is 0.238 e. The minimum atomic E-state index is -0.167. The number of carbonyl (C=O) groups is 1. The van der Waals surface area contributed by atoms with Crippen molar-refractivity contribution in [2.45, 2.75) is 24.9 Å². The molecular formula is C14H15BrN2O2S. The molecule has 1 aromatic heterocycles. The first-order chi connectivity index (χ1) is 9.56. The largest absolute Gasteiger partial charge is 0.360 e. The van der Waals surface area contributed by atoms with E-state index in [-0.39, 0.29) is 11.2 Å². The fourth-order valence-electron chi connectivity index (χ4n) is 1.56. The SMILES string of the molecule is Cc1cc(NC(=O)C(C)SCc2ccccc2Br)no1. The van der Waals surface area contributed by atoms with Crippen molar-refractivity contribution in [1.29, 1.82) is 0 Å². The van der Waals surface area contributed by atoms with Gasteiger partial charge in [0.15, 0.2) is 5.82 Å². The van der Waals surface area contributed by atoms with Crippen LogP contribution in [0.3, 0.4) is 0 Å². The summed E-state index contributed by atoms with van der Waals surface area (Å²) in [5, 5.41) is 6.32. The molecule has 106 valence electrons. The molecule has 1 unspecified atom stereocenters. The molecule has 0 spiro atoms. The molecule has 2 rings (SSSR count). The van der Waals surface area contributed by atoms with Crippen molar-refractivity contribution in [3.05, 3.63) is 46.1 Å². The summed E-state index contributed by atoms with van der Waals surface area (Å²) in [6, 6.07) is 9.70. The van der Waals surface area contributed by atoms with Gasteiger partial charge < -0.3 is 9.84 Å². The summed E-state index contributed by atoms with van der Waals surface area (Å²) < 4.78 is 5.97. The van der Waals surface area contributed by atoms with E-state index in [1.54, 1.807) is 24.8 Å². The molecule has 1 amide bonds. The first-order valence-electron chi connectivity index (χ1n) is 6.15. The van der Waals surface area contributed by atoms with Gasteiger partial charge in [-0.1, -0.05) is 39.3 Å². The van der Waals surface area contributed by atoms with E-state index < -0.39 is 0 Å². The molecular weight excluding hydrogens is 340 g/mol. The van der Waals surface area contributed by atoms with Gasteiger partial charge in [0.05, 0.1) is 5.25 Å². The lowest BCUT2D eigenvalue weighted by Crippen LogP contribution is -2.22. The van der Waals surface area contributed by atoms with Crippen molar-refractivity contribution in [1.82, 2.24) is 5.16 Å². The Morgan fingerprint density at radius 3 is 2.90 bits per heavy atom. The Kier molecular flexibility index (Phi) is 5.25. The molecule has 1 atom stereocenters. The van der Waals surface area contributed by atoms with Crippen LogP contribution in [0.15, 0.2) is 39.3 Å². The van der Waals surface area contributed by atoms with Crippen LogP contribution in [0, 0.1) is 6.92 Å². The number of nitrogens with zero attached hydrogens (tertiary/aromatic N) is 1. The van der Waals surface area contributed by atoms with E-state index in [4.69, 9.17) is 4.52 Å². The van der Waals surface area contributed by atoms with Gasteiger partial charge in [0, 0.05) is 16.3 Å². The van der Waals surface area contributed by atoms with Crippen molar-refractivity contribution in [3.63, 3.8) is 0 Å². The number of aryl methyl sites for hydroxylation is 1. The van der Waals surface area contributed by atoms with Crippen LogP contribution in [-0.4, -0.2) is 16.3 Å². The quantitative estimate of drug-likeness (QED) is 0.881. The number of carbonyl (C=O) groups excluding carboxylic acids is 1. The van der Waals surface area contributed by atoms with Gasteiger partial charge in [-0.3, -0.25) is 4.79 Å². The molecule has 0 aliphatic rings. The van der Waals surface area contributed by atoms with Gasteiger partial charge in [-0.2, -0.15) is 0 Å². The average Bonchev–Trinajstić information content (AvgIpc) is 2.82. The molecule has 2 aromatic rings. The fraction of sp³-hybridized carbons (Fsp3) is 0.286. The number of thioether (sulfide) groups is 1. The van der Waals surface area contributed by atoms with Crippen LogP contribution in [0.25, 0.3) is 0 Å². The number of hydrogen-bond donors (Lipinski definition) is 1. The maximum absolute atomic E-state index is 12.0. The molecule has 0 fully saturated rings. The molecule has 4 nitrogen and oxygen atoms in total. The summed E-state index contributed by atoms with van der Waals surface area (Å²) in [6.45, 7) is 3.66. The first-order valence-corrected chi connectivity index (χ1v) is 7.99. The number of nitrogens with one attached hydrogen (secondary N) is 1. The van der Waals surface area contributed by atoms with Crippen LogP contribution >= 0.6 is 27.7 Å². The molecule has 1 heterocycles. The van der Waals surface area contributed by atoms with Gasteiger partial charge in [0.1, 0.15) is 5.76 Å². The van der Waals surface area contributed by atoms with E-state index in [2.05, 4.69) is 26.4 Å². The van der Waals surface area contributed by atoms with Crippen LogP contribution in [0.4, 0.5) is 5.82 Å². The molecule has 0 saturated carbocycles. The Bertz CT molecular complexity index is 600. The highest BCUT2D eigenvalue weighted by atomic mass is 79.9. The van der Waals surface area contributed by atoms with E-state index in [0.717, 1.165) is 10.2 Å². The second-order valence-electron chi connectivity index (χ2n) is 4.36. The number of anilines is 1. The van der Waals surface area contributed by atoms with Crippen molar-refractivity contribution in [2.24, 2.45) is 0 Å². The molecule has 0 radical (unpaired) electrons. The Hall–Kier alpha value is -1.27. The Balaban J connectivity index is 1.87. The summed E-state index contributed by atoms with van der Waals surface area (Å²) >= 11 is 5.08. The lowest BCUT2D eigenvalue weighted by molar-refractivity contribution is -0.115. The third-order valence-electron chi connectivity index (χ3n) is 2.70. The number of rotatable bonds is 5. The minimum Gasteiger partial charge on any atom is -0.360 e. The van der Waals surface area contributed by atoms with Crippen LogP contribution in [0.5, 0.6) is 0 Å². The van der Waals surface area contributed by atoms with Crippen LogP contribution in [-0.2, 0) is 10.5 Å². The second kappa shape index (κ2) is 6.95. The van der Waals surface area contributed by atoms with Gasteiger partial charge in [0.25, 0.3) is 0 Å². The predicted molar refractivity (Wildman–Crippen MR) is 84.8 cm³/mol. The predicted octanol–water partition coefficient (Wildman–Crippen LogP) is 4.01. The molecule has 6 heteroatoms. The van der Waals surface area contributed by atoms with Crippen LogP contribution in [0.1, 0.15) is 18.2 Å². The van der Waals surface area contributed by atoms with E-state index in [1.165, 1.54) is 5.56 Å². The average molecular weight is 355 g/mol. The Labute approximate surface area is 130 Å². The van der Waals surface area contributed by atoms with Crippen molar-refractivity contribution < 1.29 is 9.32 Å². The summed E-state index contributed by atoms with van der Waals surface area (Å²) in [5.41, 5.74) is 1.18. The number of benzene rings is 1. The highest BCUT2D eigenvalue weighted by Gasteiger charge is 2.15. The summed E-state index contributed by atoms with van der Waals surface area (Å²) in [7, 11) is 0. The summed E-state index contributed by atoms with van der Waals surface area (Å²) in [5.74, 6) is 1.83. The molecule has 1 N–H and O–H groups in total. The monoisotopic (exact) mass is 354 g/mol. The third kappa shape index (κ3) is 4.11. The summed E-state index contributed by atoms with van der Waals surface area (Å²) in [4.78, 5) is 12.0. The number of aromatic nitrogens is 1. The topological polar surface area (TPSA) is 55.1 Å². The second-order valence-corrected chi connectivity index (χ2v) is 6.54. The van der Waals surface area contributed by atoms with E-state index >= 15 is 0 Å². The van der Waals surface area contributed by atoms with Crippen LogP contribution < -0.4 is 5.32 Å². The zero-order chi connectivity index (χ0) is 14.5. The summed E-state index contributed by atoms with van der Waals surface area (Å²) in [6.07, 6.45) is 0. The lowest BCUT2D eigenvalue weighted by Gasteiger charge is -2.11. The molecule has 0 aliphatic heterocycles. The Morgan fingerprint density at radius 2 is 2.25 bits per heavy atom. The van der Waals surface area contributed by atoms with Crippen molar-refractivity contribution >= 4 is 39.4 Å². The van der Waals surface area contributed by atoms with Gasteiger partial charge in [-0.05, 0) is 25.5 Å². The minimum absolute atomic E-state index is 0.0737. The number of amides is 1. The van der Waals surface area contributed by atoms with Crippen molar-refractivity contribution in [2.75, 3.05) is 5.32 Å². The van der Waals surface area contributed by atoms with Gasteiger partial charge >= 0.3 is 0 Å². The van der Waals surface area contributed by atoms with E-state index in [1.807, 2.05) is 31.2 Å². The molecule has 0 saturated heterocycles. The molecule has 1 aromatic carbocycles. The van der Waals surface area contributed by atoms with Crippen molar-refractivity contribution in [3.8, 4) is 0 Å². The maximum atomic E-state index is 12.0. The van der Waals surface area contributed by atoms with Gasteiger partial charge in [0.2, 0.25) is 5.91 Å². The normalized spacial score (nSPS) is 12.2. The number of hydrogen-bond acceptors (Lipinski definition) is 4. The van der Waals surface area contributed by atoms with E-state index in [0.29, 0.717) is 11.6 Å². The molecule has 0 bridgehead atoms.